The number of methoxy groups -OCH3 is 1. The molecule has 1 aromatic rings. The lowest BCUT2D eigenvalue weighted by molar-refractivity contribution is -0.153. The minimum atomic E-state index is -4.08. The molecule has 3 N–H and O–H groups in total. The molecular formula is C23H30N3O9P. The molecule has 0 bridgehead atoms. The molecule has 2 aliphatic rings. The number of nitrogens with one attached hydrogen (secondary N) is 1. The van der Waals surface area contributed by atoms with E-state index < -0.39 is 50.1 Å². The van der Waals surface area contributed by atoms with Crippen LogP contribution in [0.4, 0.5) is 0 Å². The molecule has 5 atom stereocenters. The molecule has 0 radical (unpaired) electrons. The number of primary amides is 1. The van der Waals surface area contributed by atoms with Gasteiger partial charge in [-0.1, -0.05) is 24.3 Å². The Labute approximate surface area is 208 Å². The molecule has 1 fully saturated rings. The van der Waals surface area contributed by atoms with E-state index in [0.29, 0.717) is 12.0 Å². The summed E-state index contributed by atoms with van der Waals surface area (Å²) >= 11 is 0. The van der Waals surface area contributed by atoms with Crippen LogP contribution in [-0.2, 0) is 37.7 Å². The van der Waals surface area contributed by atoms with Crippen LogP contribution in [0.15, 0.2) is 54.4 Å². The monoisotopic (exact) mass is 523 g/mol. The largest absolute Gasteiger partial charge is 0.468 e. The van der Waals surface area contributed by atoms with Crippen LogP contribution in [0, 0.1) is 0 Å². The molecule has 1 unspecified atom stereocenters. The summed E-state index contributed by atoms with van der Waals surface area (Å²) in [4.78, 5) is 36.8. The third-order valence-corrected chi connectivity index (χ3v) is 6.94. The second-order valence-electron chi connectivity index (χ2n) is 8.16. The average Bonchev–Trinajstić information content (AvgIpc) is 3.25. The number of amides is 1. The first-order valence-corrected chi connectivity index (χ1v) is 12.8. The lowest BCUT2D eigenvalue weighted by Crippen LogP contribution is -2.39. The highest BCUT2D eigenvalue weighted by atomic mass is 31.2. The summed E-state index contributed by atoms with van der Waals surface area (Å²) in [6.07, 6.45) is 3.40. The topological polar surface area (TPSA) is 156 Å². The second kappa shape index (κ2) is 12.2. The molecular weight excluding hydrogens is 493 g/mol. The zero-order valence-electron chi connectivity index (χ0n) is 20.2. The smallest absolute Gasteiger partial charge is 0.459 e. The molecule has 0 aliphatic carbocycles. The third kappa shape index (κ3) is 7.41. The Hall–Kier alpha value is -3.18. The fraction of sp³-hybridized carbons (Fsp3) is 0.435. The Morgan fingerprint density at radius 1 is 1.28 bits per heavy atom. The highest BCUT2D eigenvalue weighted by Crippen LogP contribution is 2.45. The van der Waals surface area contributed by atoms with Crippen molar-refractivity contribution < 1.29 is 42.2 Å². The number of ether oxygens (including phenoxy) is 3. The summed E-state index contributed by atoms with van der Waals surface area (Å²) in [7, 11) is -2.87. The van der Waals surface area contributed by atoms with Crippen LogP contribution >= 0.6 is 7.75 Å². The Morgan fingerprint density at radius 3 is 2.64 bits per heavy atom. The summed E-state index contributed by atoms with van der Waals surface area (Å²) < 4.78 is 40.9. The normalized spacial score (nSPS) is 23.8. The molecule has 36 heavy (non-hydrogen) atoms. The number of rotatable bonds is 11. The lowest BCUT2D eigenvalue weighted by atomic mass is 10.1. The molecule has 1 saturated heterocycles. The number of nitrogens with zero attached hydrogens (tertiary/aromatic N) is 1. The van der Waals surface area contributed by atoms with Gasteiger partial charge in [-0.05, 0) is 25.5 Å². The number of allylic oxidation sites excluding steroid dienone is 1. The molecule has 2 aliphatic heterocycles. The number of benzene rings is 1. The van der Waals surface area contributed by atoms with Gasteiger partial charge in [0.25, 0.3) is 0 Å². The van der Waals surface area contributed by atoms with Crippen LogP contribution in [-0.4, -0.2) is 60.9 Å². The van der Waals surface area contributed by atoms with Crippen LogP contribution < -0.4 is 15.3 Å². The van der Waals surface area contributed by atoms with Crippen LogP contribution in [0.3, 0.4) is 0 Å². The fourth-order valence-corrected chi connectivity index (χ4v) is 5.18. The summed E-state index contributed by atoms with van der Waals surface area (Å²) in [6.45, 7) is 2.52. The van der Waals surface area contributed by atoms with Gasteiger partial charge in [0.1, 0.15) is 17.9 Å². The second-order valence-corrected chi connectivity index (χ2v) is 9.85. The molecule has 3 rings (SSSR count). The predicted octanol–water partition coefficient (Wildman–Crippen LogP) is 1.98. The van der Waals surface area contributed by atoms with Gasteiger partial charge in [-0.25, -0.2) is 4.57 Å². The minimum Gasteiger partial charge on any atom is -0.468 e. The van der Waals surface area contributed by atoms with Crippen molar-refractivity contribution in [3.8, 4) is 5.75 Å². The van der Waals surface area contributed by atoms with Gasteiger partial charge in [0.05, 0.1) is 19.8 Å². The molecule has 196 valence electrons. The maximum absolute atomic E-state index is 13.5. The van der Waals surface area contributed by atoms with Crippen LogP contribution in [0.2, 0.25) is 0 Å². The van der Waals surface area contributed by atoms with Crippen molar-refractivity contribution in [2.75, 3.05) is 13.7 Å². The highest BCUT2D eigenvalue weighted by molar-refractivity contribution is 7.52. The third-order valence-electron chi connectivity index (χ3n) is 5.30. The highest BCUT2D eigenvalue weighted by Gasteiger charge is 2.42. The van der Waals surface area contributed by atoms with Crippen molar-refractivity contribution in [3.63, 3.8) is 0 Å². The van der Waals surface area contributed by atoms with E-state index in [2.05, 4.69) is 9.82 Å². The van der Waals surface area contributed by atoms with Gasteiger partial charge in [0.15, 0.2) is 6.23 Å². The summed E-state index contributed by atoms with van der Waals surface area (Å²) in [5.41, 5.74) is 5.77. The molecule has 12 nitrogen and oxygen atoms in total. The van der Waals surface area contributed by atoms with E-state index in [9.17, 15) is 18.9 Å². The molecule has 1 amide bonds. The number of nitrogens with two attached hydrogens (primary N) is 1. The Kier molecular flexibility index (Phi) is 9.27. The number of esters is 2. The van der Waals surface area contributed by atoms with Crippen molar-refractivity contribution in [2.45, 2.75) is 51.2 Å². The van der Waals surface area contributed by atoms with Crippen LogP contribution in [0.25, 0.3) is 0 Å². The number of carbonyl (C=O) groups excluding carboxylic acids is 3. The van der Waals surface area contributed by atoms with Gasteiger partial charge in [-0.2, -0.15) is 5.09 Å². The quantitative estimate of drug-likeness (QED) is 0.323. The molecule has 2 heterocycles. The average molecular weight is 523 g/mol. The standard InChI is InChI=1S/C23H30N3O9P/c1-15(23(29)31-3)25-36(30,35-18-9-5-4-6-10-18)32-14-19-12-20(33-16(2)27)22(34-19)26-11-7-8-17(13-26)21(24)28/h4-7,9-11,13,15,19-20,22H,8,12,14H2,1-3H3,(H2,24,28)(H,25,30)/t15-,19-,20+,22+,36?/m0/s1. The van der Waals surface area contributed by atoms with E-state index in [1.165, 1.54) is 27.2 Å². The van der Waals surface area contributed by atoms with E-state index in [1.807, 2.05) is 0 Å². The Bertz CT molecular complexity index is 1060. The summed E-state index contributed by atoms with van der Waals surface area (Å²) in [5, 5.41) is 2.57. The summed E-state index contributed by atoms with van der Waals surface area (Å²) in [5.74, 6) is -1.48. The molecule has 13 heteroatoms. The van der Waals surface area contributed by atoms with Gasteiger partial charge in [0.2, 0.25) is 5.91 Å². The molecule has 0 spiro atoms. The van der Waals surface area contributed by atoms with Gasteiger partial charge >= 0.3 is 19.7 Å². The Morgan fingerprint density at radius 2 is 2.00 bits per heavy atom. The Balaban J connectivity index is 1.74. The van der Waals surface area contributed by atoms with Gasteiger partial charge in [-0.15, -0.1) is 0 Å². The predicted molar refractivity (Wildman–Crippen MR) is 127 cm³/mol. The minimum absolute atomic E-state index is 0.215. The SMILES string of the molecule is COC(=O)[C@H](C)NP(=O)(OC[C@@H]1C[C@@H](OC(C)=O)[C@H](N2C=CCC(C(N)=O)=C2)O1)Oc1ccccc1. The first-order chi connectivity index (χ1) is 17.1. The van der Waals surface area contributed by atoms with Gasteiger partial charge in [0, 0.05) is 31.3 Å². The van der Waals surface area contributed by atoms with Crippen molar-refractivity contribution >= 4 is 25.6 Å². The van der Waals surface area contributed by atoms with Gasteiger partial charge in [-0.3, -0.25) is 18.9 Å². The number of carbonyl (C=O) groups is 3. The summed E-state index contributed by atoms with van der Waals surface area (Å²) in [6, 6.07) is 7.33. The van der Waals surface area contributed by atoms with Crippen molar-refractivity contribution in [2.24, 2.45) is 5.73 Å². The maximum Gasteiger partial charge on any atom is 0.459 e. The van der Waals surface area contributed by atoms with Crippen LogP contribution in [0.1, 0.15) is 26.7 Å². The number of para-hydroxylation sites is 1. The first-order valence-electron chi connectivity index (χ1n) is 11.2. The number of hydrogen-bond acceptors (Lipinski definition) is 10. The number of hydrogen-bond donors (Lipinski definition) is 2. The maximum atomic E-state index is 13.5. The van der Waals surface area contributed by atoms with Gasteiger partial charge < -0.3 is 29.4 Å². The zero-order chi connectivity index (χ0) is 26.3. The van der Waals surface area contributed by atoms with Crippen molar-refractivity contribution in [3.05, 3.63) is 54.4 Å². The van der Waals surface area contributed by atoms with E-state index in [0.717, 1.165) is 0 Å². The van der Waals surface area contributed by atoms with E-state index in [1.54, 1.807) is 47.5 Å². The van der Waals surface area contributed by atoms with Crippen molar-refractivity contribution in [1.82, 2.24) is 9.99 Å². The van der Waals surface area contributed by atoms with E-state index >= 15 is 0 Å². The lowest BCUT2D eigenvalue weighted by Gasteiger charge is -2.30. The van der Waals surface area contributed by atoms with E-state index in [4.69, 9.17) is 24.3 Å². The zero-order valence-corrected chi connectivity index (χ0v) is 21.1. The fourth-order valence-electron chi connectivity index (χ4n) is 3.66. The molecule has 0 saturated carbocycles. The van der Waals surface area contributed by atoms with E-state index in [-0.39, 0.29) is 18.8 Å². The van der Waals surface area contributed by atoms with Crippen LogP contribution in [0.5, 0.6) is 5.75 Å². The molecule has 1 aromatic carbocycles. The van der Waals surface area contributed by atoms with Crippen molar-refractivity contribution in [1.29, 1.82) is 0 Å². The molecule has 0 aromatic heterocycles. The first kappa shape index (κ1) is 27.4.